The lowest BCUT2D eigenvalue weighted by Gasteiger charge is -2.19. The second-order valence-corrected chi connectivity index (χ2v) is 9.28. The molecule has 1 atom stereocenters. The molecule has 35 heavy (non-hydrogen) atoms. The van der Waals surface area contributed by atoms with Crippen LogP contribution in [0.15, 0.2) is 24.3 Å². The van der Waals surface area contributed by atoms with Gasteiger partial charge in [0.15, 0.2) is 5.69 Å². The zero-order valence-electron chi connectivity index (χ0n) is 21.4. The van der Waals surface area contributed by atoms with Crippen molar-refractivity contribution in [2.24, 2.45) is 17.6 Å². The molecule has 2 aromatic rings. The number of ether oxygens (including phenoxy) is 2. The molecule has 1 aromatic carbocycles. The average Bonchev–Trinajstić information content (AvgIpc) is 3.19. The Kier molecular flexibility index (Phi) is 10.1. The number of rotatable bonds is 13. The van der Waals surface area contributed by atoms with Crippen LogP contribution < -0.4 is 25.8 Å². The summed E-state index contributed by atoms with van der Waals surface area (Å²) in [6, 6.07) is 6.76. The van der Waals surface area contributed by atoms with Gasteiger partial charge in [-0.3, -0.25) is 19.1 Å². The maximum atomic E-state index is 13.2. The quantitative estimate of drug-likeness (QED) is 0.397. The van der Waals surface area contributed by atoms with E-state index in [1.165, 1.54) is 0 Å². The second kappa shape index (κ2) is 12.8. The summed E-state index contributed by atoms with van der Waals surface area (Å²) in [5.41, 5.74) is 6.71. The van der Waals surface area contributed by atoms with Crippen molar-refractivity contribution >= 4 is 17.7 Å². The smallest absolute Gasteiger partial charge is 0.272 e. The van der Waals surface area contributed by atoms with Crippen molar-refractivity contribution < 1.29 is 23.9 Å². The van der Waals surface area contributed by atoms with Crippen molar-refractivity contribution in [2.45, 2.75) is 53.1 Å². The number of carbonyl (C=O) groups excluding carboxylic acids is 3. The Morgan fingerprint density at radius 3 is 2.20 bits per heavy atom. The van der Waals surface area contributed by atoms with Gasteiger partial charge in [-0.1, -0.05) is 33.8 Å². The summed E-state index contributed by atoms with van der Waals surface area (Å²) in [5.74, 6) is 0.326. The van der Waals surface area contributed by atoms with Gasteiger partial charge in [0.25, 0.3) is 5.91 Å². The number of nitrogens with two attached hydrogens (primary N) is 1. The van der Waals surface area contributed by atoms with E-state index in [1.807, 2.05) is 32.0 Å². The Morgan fingerprint density at radius 2 is 1.69 bits per heavy atom. The highest BCUT2D eigenvalue weighted by Gasteiger charge is 2.24. The van der Waals surface area contributed by atoms with Gasteiger partial charge >= 0.3 is 0 Å². The summed E-state index contributed by atoms with van der Waals surface area (Å²) < 4.78 is 12.9. The van der Waals surface area contributed by atoms with Gasteiger partial charge in [0.2, 0.25) is 11.8 Å². The predicted molar refractivity (Wildman–Crippen MR) is 133 cm³/mol. The highest BCUT2D eigenvalue weighted by atomic mass is 16.5. The number of nitrogens with zero attached hydrogens (tertiary/aromatic N) is 2. The van der Waals surface area contributed by atoms with E-state index >= 15 is 0 Å². The van der Waals surface area contributed by atoms with Gasteiger partial charge in [-0.2, -0.15) is 5.10 Å². The fourth-order valence-corrected chi connectivity index (χ4v) is 3.82. The summed E-state index contributed by atoms with van der Waals surface area (Å²) in [6.45, 7) is 8.47. The number of nitrogens with one attached hydrogen (secondary N) is 2. The van der Waals surface area contributed by atoms with Gasteiger partial charge in [-0.25, -0.2) is 0 Å². The Morgan fingerprint density at radius 1 is 1.06 bits per heavy atom. The van der Waals surface area contributed by atoms with Gasteiger partial charge in [0.1, 0.15) is 11.5 Å². The Balaban J connectivity index is 2.37. The maximum absolute atomic E-state index is 13.2. The van der Waals surface area contributed by atoms with Crippen LogP contribution in [0, 0.1) is 11.8 Å². The molecule has 10 heteroatoms. The minimum atomic E-state index is -0.627. The van der Waals surface area contributed by atoms with E-state index in [9.17, 15) is 14.4 Å². The molecule has 0 spiro atoms. The molecular formula is C25H37N5O5. The van der Waals surface area contributed by atoms with Gasteiger partial charge in [-0.05, 0) is 36.5 Å². The molecule has 192 valence electrons. The van der Waals surface area contributed by atoms with E-state index in [0.29, 0.717) is 35.7 Å². The van der Waals surface area contributed by atoms with Gasteiger partial charge < -0.3 is 25.8 Å². The summed E-state index contributed by atoms with van der Waals surface area (Å²) in [4.78, 5) is 36.4. The zero-order chi connectivity index (χ0) is 26.1. The number of methoxy groups -OCH3 is 2. The van der Waals surface area contributed by atoms with Crippen molar-refractivity contribution in [2.75, 3.05) is 20.8 Å². The first-order chi connectivity index (χ1) is 16.5. The molecule has 4 N–H and O–H groups in total. The number of benzene rings is 1. The summed E-state index contributed by atoms with van der Waals surface area (Å²) in [6.07, 6.45) is 0.604. The minimum absolute atomic E-state index is 0.0249. The Hall–Kier alpha value is -3.56. The monoisotopic (exact) mass is 487 g/mol. The third-order valence-corrected chi connectivity index (χ3v) is 5.22. The molecule has 0 aliphatic heterocycles. The fraction of sp³-hybridized carbons (Fsp3) is 0.520. The van der Waals surface area contributed by atoms with Crippen LogP contribution >= 0.6 is 0 Å². The average molecular weight is 488 g/mol. The molecule has 0 radical (unpaired) electrons. The summed E-state index contributed by atoms with van der Waals surface area (Å²) in [5, 5.41) is 9.98. The normalized spacial score (nSPS) is 11.9. The lowest BCUT2D eigenvalue weighted by molar-refractivity contribution is -0.125. The van der Waals surface area contributed by atoms with Crippen molar-refractivity contribution in [1.82, 2.24) is 20.4 Å². The van der Waals surface area contributed by atoms with Crippen molar-refractivity contribution in [3.8, 4) is 22.8 Å². The van der Waals surface area contributed by atoms with Crippen LogP contribution in [0.1, 0.15) is 51.0 Å². The van der Waals surface area contributed by atoms with Crippen molar-refractivity contribution in [1.29, 1.82) is 0 Å². The predicted octanol–water partition coefficient (Wildman–Crippen LogP) is 2.36. The molecule has 1 aromatic heterocycles. The van der Waals surface area contributed by atoms with E-state index in [0.717, 1.165) is 0 Å². The first kappa shape index (κ1) is 27.7. The third kappa shape index (κ3) is 8.01. The lowest BCUT2D eigenvalue weighted by Crippen LogP contribution is -2.41. The summed E-state index contributed by atoms with van der Waals surface area (Å²) in [7, 11) is 3.16. The highest BCUT2D eigenvalue weighted by molar-refractivity contribution is 5.94. The SMILES string of the molecule is COc1cccc(OC)c1-c1cc(C(=O)N[C@H](CC(=O)NCC(N)=O)CC(C)C)nn1CC(C)C. The van der Waals surface area contributed by atoms with Crippen LogP contribution in [-0.4, -0.2) is 54.3 Å². The Bertz CT molecular complexity index is 1010. The van der Waals surface area contributed by atoms with Crippen LogP contribution in [0.25, 0.3) is 11.3 Å². The molecule has 3 amide bonds. The summed E-state index contributed by atoms with van der Waals surface area (Å²) >= 11 is 0. The van der Waals surface area contributed by atoms with Gasteiger partial charge in [0, 0.05) is 19.0 Å². The van der Waals surface area contributed by atoms with Crippen LogP contribution in [0.5, 0.6) is 11.5 Å². The van der Waals surface area contributed by atoms with E-state index in [4.69, 9.17) is 15.2 Å². The Labute approximate surface area is 206 Å². The first-order valence-corrected chi connectivity index (χ1v) is 11.7. The van der Waals surface area contributed by atoms with Crippen LogP contribution in [0.4, 0.5) is 0 Å². The molecule has 0 aliphatic carbocycles. The second-order valence-electron chi connectivity index (χ2n) is 9.28. The van der Waals surface area contributed by atoms with Gasteiger partial charge in [0.05, 0.1) is 32.0 Å². The van der Waals surface area contributed by atoms with Crippen LogP contribution in [0.3, 0.4) is 0 Å². The van der Waals surface area contributed by atoms with E-state index < -0.39 is 17.9 Å². The molecular weight excluding hydrogens is 450 g/mol. The molecule has 0 unspecified atom stereocenters. The van der Waals surface area contributed by atoms with Crippen LogP contribution in [-0.2, 0) is 16.1 Å². The number of hydrogen-bond acceptors (Lipinski definition) is 6. The topological polar surface area (TPSA) is 138 Å². The standard InChI is InChI=1S/C25H37N5O5/c1-15(2)10-17(11-23(32)27-13-22(26)31)28-25(33)18-12-19(30(29-18)14-16(3)4)24-20(34-5)8-7-9-21(24)35-6/h7-9,12,15-17H,10-11,13-14H2,1-6H3,(H2,26,31)(H,27,32)(H,28,33)/t17-/m0/s1. The largest absolute Gasteiger partial charge is 0.496 e. The number of aromatic nitrogens is 2. The van der Waals surface area contributed by atoms with Crippen molar-refractivity contribution in [3.05, 3.63) is 30.0 Å². The van der Waals surface area contributed by atoms with E-state index in [1.54, 1.807) is 25.0 Å². The molecule has 1 heterocycles. The molecule has 10 nitrogen and oxygen atoms in total. The van der Waals surface area contributed by atoms with E-state index in [2.05, 4.69) is 29.6 Å². The molecule has 0 saturated heterocycles. The number of carbonyl (C=O) groups is 3. The molecule has 0 saturated carbocycles. The minimum Gasteiger partial charge on any atom is -0.496 e. The molecule has 0 fully saturated rings. The fourth-order valence-electron chi connectivity index (χ4n) is 3.82. The van der Waals surface area contributed by atoms with Crippen LogP contribution in [0.2, 0.25) is 0 Å². The molecule has 2 rings (SSSR count). The number of amides is 3. The highest BCUT2D eigenvalue weighted by Crippen LogP contribution is 2.38. The van der Waals surface area contributed by atoms with Crippen molar-refractivity contribution in [3.63, 3.8) is 0 Å². The molecule has 0 bridgehead atoms. The van der Waals surface area contributed by atoms with E-state index in [-0.39, 0.29) is 36.4 Å². The third-order valence-electron chi connectivity index (χ3n) is 5.22. The zero-order valence-corrected chi connectivity index (χ0v) is 21.4. The lowest BCUT2D eigenvalue weighted by atomic mass is 10.0. The number of hydrogen-bond donors (Lipinski definition) is 3. The molecule has 0 aliphatic rings. The number of primary amides is 1. The first-order valence-electron chi connectivity index (χ1n) is 11.7. The van der Waals surface area contributed by atoms with Gasteiger partial charge in [-0.15, -0.1) is 0 Å². The maximum Gasteiger partial charge on any atom is 0.272 e.